The van der Waals surface area contributed by atoms with Gasteiger partial charge in [0.05, 0.1) is 0 Å². The first-order valence-electron chi connectivity index (χ1n) is 3.87. The Hall–Kier alpha value is -0.130. The van der Waals surface area contributed by atoms with Gasteiger partial charge >= 0.3 is 5.97 Å². The molecular weight excluding hydrogens is 208 g/mol. The quantitative estimate of drug-likeness (QED) is 0.560. The first-order chi connectivity index (χ1) is 6.09. The zero-order chi connectivity index (χ0) is 9.84. The molecule has 13 heavy (non-hydrogen) atoms. The molecule has 1 fully saturated rings. The van der Waals surface area contributed by atoms with E-state index >= 15 is 0 Å². The summed E-state index contributed by atoms with van der Waals surface area (Å²) in [4.78, 5) is 11.1. The van der Waals surface area contributed by atoms with Crippen molar-refractivity contribution in [2.75, 3.05) is 11.5 Å². The number of ether oxygens (including phenoxy) is 1. The Bertz CT molecular complexity index is 209. The maximum atomic E-state index is 11.1. The molecular formula is C8H12O3S2. The van der Waals surface area contributed by atoms with Crippen molar-refractivity contribution >= 4 is 29.5 Å². The largest absolute Gasteiger partial charge is 0.447 e. The average molecular weight is 220 g/mol. The lowest BCUT2D eigenvalue weighted by molar-refractivity contribution is -0.139. The van der Waals surface area contributed by atoms with Crippen molar-refractivity contribution in [3.63, 3.8) is 0 Å². The summed E-state index contributed by atoms with van der Waals surface area (Å²) in [6, 6.07) is 0. The summed E-state index contributed by atoms with van der Waals surface area (Å²) in [5.41, 5.74) is -0.0564. The van der Waals surface area contributed by atoms with Gasteiger partial charge in [-0.15, -0.1) is 23.5 Å². The van der Waals surface area contributed by atoms with Crippen LogP contribution in [0.2, 0.25) is 0 Å². The minimum atomic E-state index is -0.352. The monoisotopic (exact) mass is 220 g/mol. The van der Waals surface area contributed by atoms with Crippen molar-refractivity contribution in [2.24, 2.45) is 0 Å². The van der Waals surface area contributed by atoms with Crippen LogP contribution in [-0.2, 0) is 9.53 Å². The number of hydrogen-bond acceptors (Lipinski definition) is 5. The van der Waals surface area contributed by atoms with Crippen molar-refractivity contribution in [3.8, 4) is 0 Å². The number of hydrogen-bond donors (Lipinski definition) is 1. The number of carbonyl (C=O) groups excluding carboxylic acids is 1. The van der Waals surface area contributed by atoms with Gasteiger partial charge in [0, 0.05) is 17.1 Å². The first kappa shape index (κ1) is 10.9. The second-order valence-corrected chi connectivity index (χ2v) is 5.14. The second kappa shape index (κ2) is 4.93. The third-order valence-electron chi connectivity index (χ3n) is 1.44. The van der Waals surface area contributed by atoms with Crippen LogP contribution < -0.4 is 0 Å². The Balaban J connectivity index is 2.30. The van der Waals surface area contributed by atoms with Crippen molar-refractivity contribution in [3.05, 3.63) is 12.2 Å². The molecule has 0 aromatic carbocycles. The van der Waals surface area contributed by atoms with Crippen LogP contribution in [0.1, 0.15) is 6.92 Å². The third-order valence-corrected chi connectivity index (χ3v) is 4.05. The maximum absolute atomic E-state index is 11.1. The predicted octanol–water partition coefficient (Wildman–Crippen LogP) is 1.23. The zero-order valence-corrected chi connectivity index (χ0v) is 8.99. The molecule has 0 amide bonds. The number of carbonyl (C=O) groups is 1. The standard InChI is InChI=1S/C8H12O3S2/c1-5(2)8(10)11-7-4-12-6(9)3-13-7/h6-7,9H,1,3-4H2,2H3. The van der Waals surface area contributed by atoms with Gasteiger partial charge in [0.1, 0.15) is 5.44 Å². The maximum Gasteiger partial charge on any atom is 0.334 e. The molecule has 2 unspecified atom stereocenters. The molecule has 1 N–H and O–H groups in total. The van der Waals surface area contributed by atoms with Gasteiger partial charge in [-0.2, -0.15) is 0 Å². The molecule has 2 atom stereocenters. The lowest BCUT2D eigenvalue weighted by Crippen LogP contribution is -2.25. The van der Waals surface area contributed by atoms with E-state index in [9.17, 15) is 4.79 Å². The zero-order valence-electron chi connectivity index (χ0n) is 7.36. The van der Waals surface area contributed by atoms with Crippen LogP contribution in [-0.4, -0.2) is 33.5 Å². The molecule has 1 heterocycles. The lowest BCUT2D eigenvalue weighted by Gasteiger charge is -2.24. The molecule has 1 aliphatic rings. The predicted molar refractivity (Wildman–Crippen MR) is 55.6 cm³/mol. The SMILES string of the molecule is C=C(C)C(=O)OC1CSC(O)CS1. The Morgan fingerprint density at radius 3 is 2.69 bits per heavy atom. The number of thioether (sulfide) groups is 2. The van der Waals surface area contributed by atoms with E-state index in [1.807, 2.05) is 0 Å². The van der Waals surface area contributed by atoms with Gasteiger partial charge in [-0.1, -0.05) is 6.58 Å². The Kier molecular flexibility index (Phi) is 4.15. The van der Waals surface area contributed by atoms with E-state index in [2.05, 4.69) is 6.58 Å². The molecule has 0 saturated carbocycles. The van der Waals surface area contributed by atoms with Crippen molar-refractivity contribution in [1.29, 1.82) is 0 Å². The number of aliphatic hydroxyl groups excluding tert-OH is 1. The van der Waals surface area contributed by atoms with E-state index in [4.69, 9.17) is 9.84 Å². The summed E-state index contributed by atoms with van der Waals surface area (Å²) >= 11 is 2.87. The molecule has 0 aromatic heterocycles. The van der Waals surface area contributed by atoms with Crippen LogP contribution in [0, 0.1) is 0 Å². The second-order valence-electron chi connectivity index (χ2n) is 2.74. The third kappa shape index (κ3) is 3.62. The summed E-state index contributed by atoms with van der Waals surface area (Å²) in [5.74, 6) is 0.901. The van der Waals surface area contributed by atoms with Gasteiger partial charge in [-0.05, 0) is 6.92 Å². The molecule has 74 valence electrons. The van der Waals surface area contributed by atoms with E-state index in [0.29, 0.717) is 17.1 Å². The highest BCUT2D eigenvalue weighted by Crippen LogP contribution is 2.29. The minimum absolute atomic E-state index is 0.141. The fourth-order valence-corrected chi connectivity index (χ4v) is 2.99. The van der Waals surface area contributed by atoms with Crippen LogP contribution in [0.15, 0.2) is 12.2 Å². The van der Waals surface area contributed by atoms with Gasteiger partial charge in [-0.3, -0.25) is 0 Å². The van der Waals surface area contributed by atoms with E-state index in [0.717, 1.165) is 0 Å². The fourth-order valence-electron chi connectivity index (χ4n) is 0.764. The van der Waals surface area contributed by atoms with E-state index in [1.165, 1.54) is 23.5 Å². The number of esters is 1. The van der Waals surface area contributed by atoms with Crippen LogP contribution in [0.5, 0.6) is 0 Å². The summed E-state index contributed by atoms with van der Waals surface area (Å²) < 4.78 is 5.09. The average Bonchev–Trinajstić information content (AvgIpc) is 2.08. The number of aliphatic hydroxyl groups is 1. The van der Waals surface area contributed by atoms with Gasteiger partial charge < -0.3 is 9.84 Å². The molecule has 5 heteroatoms. The molecule has 0 bridgehead atoms. The minimum Gasteiger partial charge on any atom is -0.447 e. The van der Waals surface area contributed by atoms with E-state index < -0.39 is 0 Å². The highest BCUT2D eigenvalue weighted by Gasteiger charge is 2.23. The first-order valence-corrected chi connectivity index (χ1v) is 5.97. The van der Waals surface area contributed by atoms with Gasteiger partial charge in [-0.25, -0.2) is 4.79 Å². The van der Waals surface area contributed by atoms with Crippen LogP contribution in [0.25, 0.3) is 0 Å². The Morgan fingerprint density at radius 2 is 2.23 bits per heavy atom. The number of rotatable bonds is 2. The summed E-state index contributed by atoms with van der Waals surface area (Å²) in [6.45, 7) is 5.12. The molecule has 3 nitrogen and oxygen atoms in total. The van der Waals surface area contributed by atoms with E-state index in [-0.39, 0.29) is 16.8 Å². The van der Waals surface area contributed by atoms with Crippen molar-refractivity contribution in [2.45, 2.75) is 17.8 Å². The molecule has 0 radical (unpaired) electrons. The lowest BCUT2D eigenvalue weighted by atomic mass is 10.4. The Morgan fingerprint density at radius 1 is 1.54 bits per heavy atom. The van der Waals surface area contributed by atoms with Crippen molar-refractivity contribution < 1.29 is 14.6 Å². The normalized spacial score (nSPS) is 28.2. The van der Waals surface area contributed by atoms with Gasteiger partial charge in [0.15, 0.2) is 5.44 Å². The molecule has 0 spiro atoms. The molecule has 1 aliphatic heterocycles. The van der Waals surface area contributed by atoms with Gasteiger partial charge in [0.25, 0.3) is 0 Å². The molecule has 1 rings (SSSR count). The summed E-state index contributed by atoms with van der Waals surface area (Å²) in [6.07, 6.45) is 0. The van der Waals surface area contributed by atoms with Crippen molar-refractivity contribution in [1.82, 2.24) is 0 Å². The van der Waals surface area contributed by atoms with Gasteiger partial charge in [0.2, 0.25) is 0 Å². The van der Waals surface area contributed by atoms with Crippen LogP contribution >= 0.6 is 23.5 Å². The van der Waals surface area contributed by atoms with Crippen LogP contribution in [0.4, 0.5) is 0 Å². The molecule has 0 aromatic rings. The van der Waals surface area contributed by atoms with Crippen LogP contribution in [0.3, 0.4) is 0 Å². The summed E-state index contributed by atoms with van der Waals surface area (Å²) in [7, 11) is 0. The molecule has 0 aliphatic carbocycles. The highest BCUT2D eigenvalue weighted by atomic mass is 32.2. The Labute approximate surface area is 85.9 Å². The fraction of sp³-hybridized carbons (Fsp3) is 0.625. The summed E-state index contributed by atoms with van der Waals surface area (Å²) in [5, 5.41) is 9.15. The smallest absolute Gasteiger partial charge is 0.334 e. The molecule has 1 saturated heterocycles. The highest BCUT2D eigenvalue weighted by molar-refractivity contribution is 8.06. The topological polar surface area (TPSA) is 46.5 Å². The van der Waals surface area contributed by atoms with E-state index in [1.54, 1.807) is 6.92 Å².